The summed E-state index contributed by atoms with van der Waals surface area (Å²) in [5, 5.41) is 4.83. The summed E-state index contributed by atoms with van der Waals surface area (Å²) in [5.41, 5.74) is 3.30. The predicted octanol–water partition coefficient (Wildman–Crippen LogP) is 5.91. The van der Waals surface area contributed by atoms with E-state index in [1.807, 2.05) is 60.7 Å². The Morgan fingerprint density at radius 2 is 1.61 bits per heavy atom. The van der Waals surface area contributed by atoms with Crippen LogP contribution in [0.1, 0.15) is 16.7 Å². The highest BCUT2D eigenvalue weighted by Crippen LogP contribution is 2.35. The van der Waals surface area contributed by atoms with Crippen molar-refractivity contribution < 1.29 is 9.47 Å². The van der Waals surface area contributed by atoms with Gasteiger partial charge in [-0.2, -0.15) is 0 Å². The molecule has 0 radical (unpaired) electrons. The molecule has 1 N–H and O–H groups in total. The zero-order chi connectivity index (χ0) is 19.8. The lowest BCUT2D eigenvalue weighted by atomic mass is 10.1. The molecule has 146 valence electrons. The van der Waals surface area contributed by atoms with Gasteiger partial charge in [-0.15, -0.1) is 0 Å². The molecule has 3 aromatic rings. The van der Waals surface area contributed by atoms with E-state index < -0.39 is 0 Å². The van der Waals surface area contributed by atoms with E-state index in [-0.39, 0.29) is 0 Å². The van der Waals surface area contributed by atoms with Crippen molar-refractivity contribution in [1.29, 1.82) is 0 Å². The van der Waals surface area contributed by atoms with Crippen LogP contribution in [0.4, 0.5) is 0 Å². The number of nitrogens with one attached hydrogen (secondary N) is 1. The van der Waals surface area contributed by atoms with Crippen molar-refractivity contribution in [3.63, 3.8) is 0 Å². The molecule has 3 rings (SSSR count). The number of hydrogen-bond donors (Lipinski definition) is 1. The molecule has 0 aliphatic heterocycles. The van der Waals surface area contributed by atoms with E-state index in [0.29, 0.717) is 23.9 Å². The largest absolute Gasteiger partial charge is 0.493 e. The fraction of sp³-hybridized carbons (Fsp3) is 0.217. The van der Waals surface area contributed by atoms with Crippen molar-refractivity contribution in [3.8, 4) is 11.5 Å². The van der Waals surface area contributed by atoms with E-state index in [1.54, 1.807) is 13.2 Å². The molecular formula is C23H23Cl2NO2. The SMILES string of the molecule is COc1cc(Cl)cc(CNCCc2ccc(Cl)cc2)c1OCc1ccccc1. The van der Waals surface area contributed by atoms with Crippen LogP contribution in [-0.2, 0) is 19.6 Å². The summed E-state index contributed by atoms with van der Waals surface area (Å²) >= 11 is 12.2. The highest BCUT2D eigenvalue weighted by molar-refractivity contribution is 6.31. The van der Waals surface area contributed by atoms with Crippen molar-refractivity contribution in [2.75, 3.05) is 13.7 Å². The number of rotatable bonds is 9. The van der Waals surface area contributed by atoms with Crippen LogP contribution < -0.4 is 14.8 Å². The molecule has 3 nitrogen and oxygen atoms in total. The van der Waals surface area contributed by atoms with Gasteiger partial charge in [-0.05, 0) is 42.3 Å². The first-order valence-corrected chi connectivity index (χ1v) is 9.89. The van der Waals surface area contributed by atoms with Gasteiger partial charge in [-0.3, -0.25) is 0 Å². The molecule has 0 heterocycles. The van der Waals surface area contributed by atoms with E-state index in [2.05, 4.69) is 5.32 Å². The van der Waals surface area contributed by atoms with Crippen molar-refractivity contribution in [2.45, 2.75) is 19.6 Å². The number of hydrogen-bond acceptors (Lipinski definition) is 3. The van der Waals surface area contributed by atoms with Gasteiger partial charge in [0.2, 0.25) is 0 Å². The van der Waals surface area contributed by atoms with Crippen molar-refractivity contribution in [3.05, 3.63) is 93.5 Å². The summed E-state index contributed by atoms with van der Waals surface area (Å²) in [6.45, 7) is 1.93. The molecule has 0 unspecified atom stereocenters. The molecule has 0 atom stereocenters. The minimum absolute atomic E-state index is 0.469. The molecule has 28 heavy (non-hydrogen) atoms. The zero-order valence-electron chi connectivity index (χ0n) is 15.8. The van der Waals surface area contributed by atoms with Gasteiger partial charge in [-0.25, -0.2) is 0 Å². The molecule has 0 aliphatic rings. The van der Waals surface area contributed by atoms with Crippen LogP contribution in [0.3, 0.4) is 0 Å². The minimum atomic E-state index is 0.469. The Hall–Kier alpha value is -2.20. The van der Waals surface area contributed by atoms with Crippen molar-refractivity contribution in [2.24, 2.45) is 0 Å². The minimum Gasteiger partial charge on any atom is -0.493 e. The Morgan fingerprint density at radius 1 is 0.857 bits per heavy atom. The summed E-state index contributed by atoms with van der Waals surface area (Å²) in [7, 11) is 1.62. The summed E-state index contributed by atoms with van der Waals surface area (Å²) in [6, 6.07) is 21.7. The zero-order valence-corrected chi connectivity index (χ0v) is 17.3. The Balaban J connectivity index is 1.64. The molecule has 3 aromatic carbocycles. The lowest BCUT2D eigenvalue weighted by Crippen LogP contribution is -2.17. The van der Waals surface area contributed by atoms with Crippen LogP contribution in [0.15, 0.2) is 66.7 Å². The van der Waals surface area contributed by atoms with Gasteiger partial charge in [0.1, 0.15) is 6.61 Å². The molecule has 0 amide bonds. The number of halogens is 2. The van der Waals surface area contributed by atoms with E-state index in [9.17, 15) is 0 Å². The summed E-state index contributed by atoms with van der Waals surface area (Å²) in [5.74, 6) is 1.35. The molecule has 0 fully saturated rings. The number of benzene rings is 3. The lowest BCUT2D eigenvalue weighted by Gasteiger charge is -2.16. The van der Waals surface area contributed by atoms with E-state index in [0.717, 1.165) is 34.9 Å². The smallest absolute Gasteiger partial charge is 0.166 e. The van der Waals surface area contributed by atoms with Crippen LogP contribution in [0, 0.1) is 0 Å². The summed E-state index contributed by atoms with van der Waals surface area (Å²) < 4.78 is 11.6. The average Bonchev–Trinajstić information content (AvgIpc) is 2.72. The van der Waals surface area contributed by atoms with E-state index in [4.69, 9.17) is 32.7 Å². The predicted molar refractivity (Wildman–Crippen MR) is 116 cm³/mol. The maximum Gasteiger partial charge on any atom is 0.166 e. The molecule has 0 aromatic heterocycles. The number of ether oxygens (including phenoxy) is 2. The molecule has 0 spiro atoms. The fourth-order valence-corrected chi connectivity index (χ4v) is 3.26. The van der Waals surface area contributed by atoms with Gasteiger partial charge in [0, 0.05) is 28.2 Å². The van der Waals surface area contributed by atoms with Crippen molar-refractivity contribution in [1.82, 2.24) is 5.32 Å². The first-order chi connectivity index (χ1) is 13.7. The Kier molecular flexibility index (Phi) is 7.61. The topological polar surface area (TPSA) is 30.5 Å². The van der Waals surface area contributed by atoms with Crippen LogP contribution in [-0.4, -0.2) is 13.7 Å². The normalized spacial score (nSPS) is 10.7. The van der Waals surface area contributed by atoms with Crippen molar-refractivity contribution >= 4 is 23.2 Å². The Morgan fingerprint density at radius 3 is 2.32 bits per heavy atom. The fourth-order valence-electron chi connectivity index (χ4n) is 2.91. The van der Waals surface area contributed by atoms with Gasteiger partial charge in [0.05, 0.1) is 7.11 Å². The highest BCUT2D eigenvalue weighted by Gasteiger charge is 2.13. The lowest BCUT2D eigenvalue weighted by molar-refractivity contribution is 0.280. The van der Waals surface area contributed by atoms with Gasteiger partial charge in [-0.1, -0.05) is 65.7 Å². The summed E-state index contributed by atoms with van der Waals surface area (Å²) in [6.07, 6.45) is 0.912. The maximum absolute atomic E-state index is 6.27. The standard InChI is InChI=1S/C23H23Cl2NO2/c1-27-22-14-21(25)13-19(23(22)28-16-18-5-3-2-4-6-18)15-26-12-11-17-7-9-20(24)10-8-17/h2-10,13-14,26H,11-12,15-16H2,1H3. The van der Waals surface area contributed by atoms with Gasteiger partial charge >= 0.3 is 0 Å². The highest BCUT2D eigenvalue weighted by atomic mass is 35.5. The summed E-state index contributed by atoms with van der Waals surface area (Å²) in [4.78, 5) is 0. The van der Waals surface area contributed by atoms with Crippen LogP contribution in [0.5, 0.6) is 11.5 Å². The molecule has 0 aliphatic carbocycles. The van der Waals surface area contributed by atoms with Crippen LogP contribution in [0.25, 0.3) is 0 Å². The monoisotopic (exact) mass is 415 g/mol. The Bertz CT molecular complexity index is 883. The second kappa shape index (κ2) is 10.4. The third kappa shape index (κ3) is 5.90. The van der Waals surface area contributed by atoms with E-state index in [1.165, 1.54) is 5.56 Å². The molecule has 0 saturated carbocycles. The first kappa shape index (κ1) is 20.5. The second-order valence-corrected chi connectivity index (χ2v) is 7.30. The third-order valence-corrected chi connectivity index (χ3v) is 4.83. The van der Waals surface area contributed by atoms with Gasteiger partial charge in [0.15, 0.2) is 11.5 Å². The average molecular weight is 416 g/mol. The quantitative estimate of drug-likeness (QED) is 0.440. The van der Waals surface area contributed by atoms with Crippen LogP contribution in [0.2, 0.25) is 10.0 Å². The Labute approximate surface area is 176 Å². The first-order valence-electron chi connectivity index (χ1n) is 9.14. The third-order valence-electron chi connectivity index (χ3n) is 4.36. The molecule has 5 heteroatoms. The molecule has 0 saturated heterocycles. The van der Waals surface area contributed by atoms with Gasteiger partial charge < -0.3 is 14.8 Å². The molecular weight excluding hydrogens is 393 g/mol. The van der Waals surface area contributed by atoms with Gasteiger partial charge in [0.25, 0.3) is 0 Å². The number of methoxy groups -OCH3 is 1. The molecule has 0 bridgehead atoms. The maximum atomic E-state index is 6.27. The van der Waals surface area contributed by atoms with Crippen LogP contribution >= 0.6 is 23.2 Å². The second-order valence-electron chi connectivity index (χ2n) is 6.42. The van der Waals surface area contributed by atoms with E-state index >= 15 is 0 Å².